The van der Waals surface area contributed by atoms with Crippen LogP contribution in [0.4, 0.5) is 13.2 Å². The highest BCUT2D eigenvalue weighted by atomic mass is 19.4. The number of benzene rings is 1. The Morgan fingerprint density at radius 2 is 2.06 bits per heavy atom. The summed E-state index contributed by atoms with van der Waals surface area (Å²) in [6.45, 7) is 7.20. The van der Waals surface area contributed by atoms with Crippen LogP contribution in [-0.4, -0.2) is 75.8 Å². The SMILES string of the molecule is C=N/C=C(\C=N/CNCC(C)N(CC)C(=O)c1ccc(O)cc1-n1nccn1)C(F)(F)F. The molecule has 1 amide bonds. The van der Waals surface area contributed by atoms with Gasteiger partial charge in [-0.25, -0.2) is 0 Å². The molecular formula is C20H24F3N7O2. The van der Waals surface area contributed by atoms with Crippen molar-refractivity contribution in [3.8, 4) is 11.4 Å². The van der Waals surface area contributed by atoms with Crippen LogP contribution in [0, 0.1) is 0 Å². The van der Waals surface area contributed by atoms with Crippen molar-refractivity contribution in [2.45, 2.75) is 26.1 Å². The molecule has 12 heteroatoms. The van der Waals surface area contributed by atoms with Crippen LogP contribution in [0.2, 0.25) is 0 Å². The maximum absolute atomic E-state index is 13.2. The number of hydrogen-bond donors (Lipinski definition) is 2. The standard InChI is InChI=1S/C20H24F3N7O2/c1-4-29(14(2)10-25-13-26-12-15(11-24-3)20(21,22)23)19(32)17-6-5-16(31)9-18(17)30-27-7-8-28-30/h5-9,11-12,14,25,31H,3-4,10,13H2,1-2H3/b15-11+,26-12-. The number of likely N-dealkylation sites (N-methyl/N-ethyl adjacent to an activating group) is 1. The lowest BCUT2D eigenvalue weighted by molar-refractivity contribution is -0.0857. The molecule has 0 saturated carbocycles. The van der Waals surface area contributed by atoms with Crippen molar-refractivity contribution in [3.63, 3.8) is 0 Å². The summed E-state index contributed by atoms with van der Waals surface area (Å²) in [5.74, 6) is -0.347. The van der Waals surface area contributed by atoms with Crippen molar-refractivity contribution in [1.82, 2.24) is 25.2 Å². The highest BCUT2D eigenvalue weighted by molar-refractivity contribution is 5.98. The minimum Gasteiger partial charge on any atom is -0.508 e. The number of rotatable bonds is 10. The number of phenols is 1. The van der Waals surface area contributed by atoms with E-state index >= 15 is 0 Å². The predicted octanol–water partition coefficient (Wildman–Crippen LogP) is 2.59. The van der Waals surface area contributed by atoms with E-state index in [1.165, 1.54) is 35.4 Å². The third kappa shape index (κ3) is 6.48. The summed E-state index contributed by atoms with van der Waals surface area (Å²) in [6.07, 6.45) is -0.405. The average Bonchev–Trinajstić information content (AvgIpc) is 3.27. The predicted molar refractivity (Wildman–Crippen MR) is 114 cm³/mol. The zero-order chi connectivity index (χ0) is 23.7. The van der Waals surface area contributed by atoms with Crippen LogP contribution in [0.1, 0.15) is 24.2 Å². The van der Waals surface area contributed by atoms with Crippen molar-refractivity contribution >= 4 is 18.8 Å². The Morgan fingerprint density at radius 3 is 2.66 bits per heavy atom. The average molecular weight is 451 g/mol. The molecule has 1 aromatic carbocycles. The third-order valence-corrected chi connectivity index (χ3v) is 4.41. The van der Waals surface area contributed by atoms with E-state index in [0.29, 0.717) is 30.2 Å². The quantitative estimate of drug-likeness (QED) is 0.427. The maximum Gasteiger partial charge on any atom is 0.419 e. The number of nitrogens with one attached hydrogen (secondary N) is 1. The van der Waals surface area contributed by atoms with Crippen LogP contribution in [0.5, 0.6) is 5.75 Å². The highest BCUT2D eigenvalue weighted by Gasteiger charge is 2.32. The van der Waals surface area contributed by atoms with Gasteiger partial charge in [0.05, 0.1) is 30.2 Å². The minimum atomic E-state index is -4.57. The van der Waals surface area contributed by atoms with Gasteiger partial charge in [-0.1, -0.05) is 0 Å². The number of halogens is 3. The molecule has 0 aliphatic carbocycles. The fourth-order valence-corrected chi connectivity index (χ4v) is 2.89. The topological polar surface area (TPSA) is 108 Å². The molecule has 2 N–H and O–H groups in total. The van der Waals surface area contributed by atoms with Crippen LogP contribution < -0.4 is 5.32 Å². The number of amides is 1. The van der Waals surface area contributed by atoms with E-state index in [0.717, 1.165) is 0 Å². The highest BCUT2D eigenvalue weighted by Crippen LogP contribution is 2.24. The normalized spacial score (nSPS) is 13.3. The van der Waals surface area contributed by atoms with Gasteiger partial charge in [0.25, 0.3) is 5.91 Å². The van der Waals surface area contributed by atoms with Gasteiger partial charge in [0.1, 0.15) is 11.4 Å². The molecule has 0 bridgehead atoms. The number of aromatic hydroxyl groups is 1. The lowest BCUT2D eigenvalue weighted by atomic mass is 10.1. The van der Waals surface area contributed by atoms with Crippen molar-refractivity contribution in [2.24, 2.45) is 9.98 Å². The number of aromatic nitrogens is 3. The number of carbonyl (C=O) groups is 1. The van der Waals surface area contributed by atoms with Gasteiger partial charge in [0.15, 0.2) is 0 Å². The van der Waals surface area contributed by atoms with Crippen LogP contribution in [-0.2, 0) is 0 Å². The summed E-state index contributed by atoms with van der Waals surface area (Å²) in [5, 5.41) is 20.7. The molecule has 2 aromatic rings. The molecule has 0 saturated heterocycles. The summed E-state index contributed by atoms with van der Waals surface area (Å²) < 4.78 is 38.3. The third-order valence-electron chi connectivity index (χ3n) is 4.41. The molecular weight excluding hydrogens is 427 g/mol. The first-order valence-corrected chi connectivity index (χ1v) is 9.63. The summed E-state index contributed by atoms with van der Waals surface area (Å²) in [7, 11) is 0. The van der Waals surface area contributed by atoms with E-state index in [4.69, 9.17) is 0 Å². The lowest BCUT2D eigenvalue weighted by Crippen LogP contribution is -2.44. The monoisotopic (exact) mass is 451 g/mol. The Hall–Kier alpha value is -3.54. The maximum atomic E-state index is 13.2. The van der Waals surface area contributed by atoms with Crippen LogP contribution in [0.15, 0.2) is 52.4 Å². The number of allylic oxidation sites excluding steroid dienone is 1. The molecule has 1 atom stereocenters. The lowest BCUT2D eigenvalue weighted by Gasteiger charge is -2.29. The molecule has 1 unspecified atom stereocenters. The first kappa shape index (κ1) is 24.7. The molecule has 32 heavy (non-hydrogen) atoms. The molecule has 172 valence electrons. The summed E-state index contributed by atoms with van der Waals surface area (Å²) in [5.41, 5.74) is -0.395. The van der Waals surface area contributed by atoms with Crippen molar-refractivity contribution in [2.75, 3.05) is 19.8 Å². The molecule has 0 fully saturated rings. The fraction of sp³-hybridized carbons (Fsp3) is 0.350. The Labute approximate surface area is 183 Å². The number of phenolic OH excluding ortho intramolecular Hbond substituents is 1. The zero-order valence-corrected chi connectivity index (χ0v) is 17.6. The second kappa shape index (κ2) is 11.2. The Balaban J connectivity index is 2.05. The molecule has 2 rings (SSSR count). The van der Waals surface area contributed by atoms with Gasteiger partial charge in [-0.15, -0.1) is 0 Å². The van der Waals surface area contributed by atoms with E-state index in [1.807, 2.05) is 6.92 Å². The summed E-state index contributed by atoms with van der Waals surface area (Å²) in [4.78, 5) is 22.8. The van der Waals surface area contributed by atoms with E-state index < -0.39 is 11.7 Å². The van der Waals surface area contributed by atoms with Gasteiger partial charge in [0, 0.05) is 37.6 Å². The number of carbonyl (C=O) groups excluding carboxylic acids is 1. The largest absolute Gasteiger partial charge is 0.508 e. The van der Waals surface area contributed by atoms with Crippen LogP contribution in [0.25, 0.3) is 5.69 Å². The molecule has 9 nitrogen and oxygen atoms in total. The van der Waals surface area contributed by atoms with E-state index in [2.05, 4.69) is 32.2 Å². The van der Waals surface area contributed by atoms with Crippen molar-refractivity contribution in [3.05, 3.63) is 47.9 Å². The van der Waals surface area contributed by atoms with Gasteiger partial charge in [-0.3, -0.25) is 20.1 Å². The molecule has 1 heterocycles. The van der Waals surface area contributed by atoms with E-state index in [1.54, 1.807) is 11.8 Å². The fourth-order valence-electron chi connectivity index (χ4n) is 2.89. The number of nitrogens with zero attached hydrogens (tertiary/aromatic N) is 6. The Bertz CT molecular complexity index is 972. The number of alkyl halides is 3. The first-order chi connectivity index (χ1) is 15.2. The van der Waals surface area contributed by atoms with Gasteiger partial charge >= 0.3 is 6.18 Å². The number of aliphatic imine (C=N–C) groups is 2. The van der Waals surface area contributed by atoms with Crippen molar-refractivity contribution < 1.29 is 23.1 Å². The van der Waals surface area contributed by atoms with Crippen LogP contribution in [0.3, 0.4) is 0 Å². The Morgan fingerprint density at radius 1 is 1.38 bits per heavy atom. The first-order valence-electron chi connectivity index (χ1n) is 9.63. The smallest absolute Gasteiger partial charge is 0.419 e. The van der Waals surface area contributed by atoms with Gasteiger partial charge in [-0.2, -0.15) is 28.2 Å². The second-order valence-corrected chi connectivity index (χ2v) is 6.65. The van der Waals surface area contributed by atoms with Crippen LogP contribution >= 0.6 is 0 Å². The summed E-state index contributed by atoms with van der Waals surface area (Å²) in [6, 6.07) is 3.97. The van der Waals surface area contributed by atoms with Crippen molar-refractivity contribution in [1.29, 1.82) is 0 Å². The zero-order valence-electron chi connectivity index (χ0n) is 17.6. The van der Waals surface area contributed by atoms with Gasteiger partial charge < -0.3 is 10.0 Å². The number of hydrogen-bond acceptors (Lipinski definition) is 7. The Kier molecular flexibility index (Phi) is 8.64. The van der Waals surface area contributed by atoms with E-state index in [9.17, 15) is 23.1 Å². The second-order valence-electron chi connectivity index (χ2n) is 6.65. The van der Waals surface area contributed by atoms with Gasteiger partial charge in [-0.05, 0) is 32.7 Å². The molecule has 0 aliphatic heterocycles. The minimum absolute atomic E-state index is 0.0385. The summed E-state index contributed by atoms with van der Waals surface area (Å²) >= 11 is 0. The molecule has 0 aliphatic rings. The van der Waals surface area contributed by atoms with Gasteiger partial charge in [0.2, 0.25) is 0 Å². The molecule has 0 spiro atoms. The molecule has 0 radical (unpaired) electrons. The molecule has 1 aromatic heterocycles. The van der Waals surface area contributed by atoms with E-state index in [-0.39, 0.29) is 30.9 Å².